The molecule has 0 amide bonds. The highest BCUT2D eigenvalue weighted by molar-refractivity contribution is 7.95. The number of sulfone groups is 1. The molecule has 0 spiro atoms. The predicted octanol–water partition coefficient (Wildman–Crippen LogP) is 5.40. The minimum atomic E-state index is -3.94. The molecule has 0 fully saturated rings. The molecular weight excluding hydrogens is 413 g/mol. The predicted molar refractivity (Wildman–Crippen MR) is 109 cm³/mol. The first-order valence-electron chi connectivity index (χ1n) is 8.49. The summed E-state index contributed by atoms with van der Waals surface area (Å²) in [5.74, 6) is -0.0956. The third-order valence-electron chi connectivity index (χ3n) is 4.05. The van der Waals surface area contributed by atoms with Crippen LogP contribution in [-0.2, 0) is 16.4 Å². The van der Waals surface area contributed by atoms with E-state index in [-0.39, 0.29) is 22.1 Å². The van der Waals surface area contributed by atoms with E-state index in [9.17, 15) is 18.1 Å². The molecule has 0 aliphatic rings. The molecule has 4 nitrogen and oxygen atoms in total. The maximum atomic E-state index is 13.9. The van der Waals surface area contributed by atoms with Gasteiger partial charge in [0.15, 0.2) is 0 Å². The SMILES string of the molecule is N#CC(=Cc1cccc(OCc2c(F)cccc2Cl)c1)S(=O)(=O)c1ccccc1. The molecule has 0 bridgehead atoms. The molecule has 0 aliphatic heterocycles. The van der Waals surface area contributed by atoms with Crippen LogP contribution in [0.5, 0.6) is 5.75 Å². The van der Waals surface area contributed by atoms with Crippen molar-refractivity contribution >= 4 is 27.5 Å². The molecule has 3 aromatic carbocycles. The van der Waals surface area contributed by atoms with Gasteiger partial charge in [-0.15, -0.1) is 0 Å². The first-order chi connectivity index (χ1) is 13.9. The summed E-state index contributed by atoms with van der Waals surface area (Å²) in [6.07, 6.45) is 1.27. The number of ether oxygens (including phenoxy) is 1. The summed E-state index contributed by atoms with van der Waals surface area (Å²) >= 11 is 5.99. The molecule has 3 aromatic rings. The van der Waals surface area contributed by atoms with Gasteiger partial charge in [0.25, 0.3) is 0 Å². The zero-order valence-electron chi connectivity index (χ0n) is 15.0. The van der Waals surface area contributed by atoms with Crippen molar-refractivity contribution in [3.05, 3.63) is 99.7 Å². The molecule has 0 aliphatic carbocycles. The van der Waals surface area contributed by atoms with Gasteiger partial charge in [-0.05, 0) is 48.0 Å². The Morgan fingerprint density at radius 2 is 1.79 bits per heavy atom. The number of allylic oxidation sites excluding steroid dienone is 1. The highest BCUT2D eigenvalue weighted by atomic mass is 35.5. The number of nitriles is 1. The van der Waals surface area contributed by atoms with Crippen molar-refractivity contribution in [1.29, 1.82) is 5.26 Å². The van der Waals surface area contributed by atoms with E-state index in [2.05, 4.69) is 0 Å². The van der Waals surface area contributed by atoms with Gasteiger partial charge in [0, 0.05) is 5.56 Å². The van der Waals surface area contributed by atoms with E-state index in [1.54, 1.807) is 54.6 Å². The van der Waals surface area contributed by atoms with Gasteiger partial charge < -0.3 is 4.74 Å². The van der Waals surface area contributed by atoms with Crippen LogP contribution < -0.4 is 4.74 Å². The van der Waals surface area contributed by atoms with Crippen molar-refractivity contribution < 1.29 is 17.5 Å². The van der Waals surface area contributed by atoms with Gasteiger partial charge in [-0.2, -0.15) is 5.26 Å². The van der Waals surface area contributed by atoms with Crippen LogP contribution in [0.4, 0.5) is 4.39 Å². The molecule has 0 N–H and O–H groups in total. The summed E-state index contributed by atoms with van der Waals surface area (Å²) in [4.78, 5) is -0.354. The number of benzene rings is 3. The van der Waals surface area contributed by atoms with Gasteiger partial charge in [0.2, 0.25) is 9.84 Å². The van der Waals surface area contributed by atoms with Gasteiger partial charge in [-0.25, -0.2) is 12.8 Å². The van der Waals surface area contributed by atoms with Crippen molar-refractivity contribution in [1.82, 2.24) is 0 Å². The van der Waals surface area contributed by atoms with Crippen LogP contribution in [0.25, 0.3) is 6.08 Å². The molecule has 146 valence electrons. The van der Waals surface area contributed by atoms with Crippen LogP contribution in [0, 0.1) is 17.1 Å². The van der Waals surface area contributed by atoms with Crippen molar-refractivity contribution in [3.63, 3.8) is 0 Å². The molecule has 0 aromatic heterocycles. The number of rotatable bonds is 6. The first kappa shape index (κ1) is 20.6. The smallest absolute Gasteiger partial charge is 0.216 e. The molecule has 0 unspecified atom stereocenters. The van der Waals surface area contributed by atoms with Crippen LogP contribution >= 0.6 is 11.6 Å². The number of halogens is 2. The highest BCUT2D eigenvalue weighted by Crippen LogP contribution is 2.24. The summed E-state index contributed by atoms with van der Waals surface area (Å²) < 4.78 is 44.8. The third-order valence-corrected chi connectivity index (χ3v) is 6.09. The van der Waals surface area contributed by atoms with Crippen LogP contribution in [0.2, 0.25) is 5.02 Å². The molecule has 3 rings (SSSR count). The zero-order valence-corrected chi connectivity index (χ0v) is 16.6. The molecule has 0 radical (unpaired) electrons. The van der Waals surface area contributed by atoms with Gasteiger partial charge in [0.1, 0.15) is 29.1 Å². The fourth-order valence-corrected chi connectivity index (χ4v) is 3.97. The molecule has 0 saturated carbocycles. The summed E-state index contributed by atoms with van der Waals surface area (Å²) in [5, 5.41) is 9.63. The largest absolute Gasteiger partial charge is 0.489 e. The van der Waals surface area contributed by atoms with Crippen molar-refractivity contribution in [2.24, 2.45) is 0 Å². The first-order valence-corrected chi connectivity index (χ1v) is 10.4. The Balaban J connectivity index is 1.86. The monoisotopic (exact) mass is 427 g/mol. The van der Waals surface area contributed by atoms with Gasteiger partial charge in [-0.3, -0.25) is 0 Å². The Labute approximate surface area is 173 Å². The van der Waals surface area contributed by atoms with E-state index in [1.807, 2.05) is 0 Å². The second-order valence-electron chi connectivity index (χ2n) is 6.00. The minimum Gasteiger partial charge on any atom is -0.489 e. The van der Waals surface area contributed by atoms with E-state index in [1.165, 1.54) is 30.3 Å². The quantitative estimate of drug-likeness (QED) is 0.494. The minimum absolute atomic E-state index is 0.0365. The van der Waals surface area contributed by atoms with Crippen molar-refractivity contribution in [2.75, 3.05) is 0 Å². The Morgan fingerprint density at radius 1 is 1.07 bits per heavy atom. The lowest BCUT2D eigenvalue weighted by molar-refractivity contribution is 0.300. The lowest BCUT2D eigenvalue weighted by Gasteiger charge is -2.09. The summed E-state index contributed by atoms with van der Waals surface area (Å²) in [6, 6.07) is 20.3. The van der Waals surface area contributed by atoms with E-state index < -0.39 is 20.6 Å². The van der Waals surface area contributed by atoms with E-state index >= 15 is 0 Å². The lowest BCUT2D eigenvalue weighted by Crippen LogP contribution is -2.03. The Kier molecular flexibility index (Phi) is 6.32. The fraction of sp³-hybridized carbons (Fsp3) is 0.0455. The normalized spacial score (nSPS) is 11.7. The molecule has 0 saturated heterocycles. The molecule has 29 heavy (non-hydrogen) atoms. The maximum absolute atomic E-state index is 13.9. The summed E-state index contributed by atoms with van der Waals surface area (Å²) in [7, 11) is -3.94. The summed E-state index contributed by atoms with van der Waals surface area (Å²) in [6.45, 7) is -0.0912. The molecule has 7 heteroatoms. The Bertz CT molecular complexity index is 1180. The fourth-order valence-electron chi connectivity index (χ4n) is 2.57. The Hall–Kier alpha value is -3.14. The highest BCUT2D eigenvalue weighted by Gasteiger charge is 2.20. The lowest BCUT2D eigenvalue weighted by atomic mass is 10.2. The third kappa shape index (κ3) is 4.83. The number of nitrogens with zero attached hydrogens (tertiary/aromatic N) is 1. The second-order valence-corrected chi connectivity index (χ2v) is 8.32. The maximum Gasteiger partial charge on any atom is 0.216 e. The average molecular weight is 428 g/mol. The number of hydrogen-bond acceptors (Lipinski definition) is 4. The second kappa shape index (κ2) is 8.91. The van der Waals surface area contributed by atoms with Crippen LogP contribution in [0.3, 0.4) is 0 Å². The number of hydrogen-bond donors (Lipinski definition) is 0. The molecular formula is C22H15ClFNO3S. The van der Waals surface area contributed by atoms with Crippen LogP contribution in [0.1, 0.15) is 11.1 Å². The average Bonchev–Trinajstić information content (AvgIpc) is 2.72. The summed E-state index contributed by atoms with van der Waals surface area (Å²) in [5.41, 5.74) is 0.678. The van der Waals surface area contributed by atoms with Crippen molar-refractivity contribution in [3.8, 4) is 11.8 Å². The van der Waals surface area contributed by atoms with E-state index in [0.717, 1.165) is 0 Å². The van der Waals surface area contributed by atoms with Gasteiger partial charge in [-0.1, -0.05) is 48.0 Å². The standard InChI is InChI=1S/C22H15ClFNO3S/c23-21-10-5-11-22(24)20(21)15-28-17-7-4-6-16(12-17)13-19(14-25)29(26,27)18-8-2-1-3-9-18/h1-13H,15H2. The molecule has 0 atom stereocenters. The van der Waals surface area contributed by atoms with Gasteiger partial charge >= 0.3 is 0 Å². The molecule has 0 heterocycles. The van der Waals surface area contributed by atoms with Crippen LogP contribution in [0.15, 0.2) is 82.6 Å². The Morgan fingerprint density at radius 3 is 2.48 bits per heavy atom. The van der Waals surface area contributed by atoms with Crippen molar-refractivity contribution in [2.45, 2.75) is 11.5 Å². The topological polar surface area (TPSA) is 67.2 Å². The van der Waals surface area contributed by atoms with Gasteiger partial charge in [0.05, 0.1) is 9.92 Å². The zero-order chi connectivity index (χ0) is 20.9. The van der Waals surface area contributed by atoms with E-state index in [4.69, 9.17) is 16.3 Å². The van der Waals surface area contributed by atoms with E-state index in [0.29, 0.717) is 11.3 Å². The van der Waals surface area contributed by atoms with Crippen LogP contribution in [-0.4, -0.2) is 8.42 Å².